The Hall–Kier alpha value is -1.35. The topological polar surface area (TPSA) is 66.7 Å². The Morgan fingerprint density at radius 1 is 1.43 bits per heavy atom. The molecule has 0 saturated heterocycles. The number of carbonyl (C=O) groups is 1. The van der Waals surface area contributed by atoms with Gasteiger partial charge in [0.1, 0.15) is 0 Å². The average Bonchev–Trinajstić information content (AvgIpc) is 2.12. The molecule has 0 aromatic heterocycles. The number of halogens is 2. The van der Waals surface area contributed by atoms with Crippen LogP contribution in [0.15, 0.2) is 17.1 Å². The minimum Gasteiger partial charge on any atom is -0.478 e. The quantitative estimate of drug-likeness (QED) is 0.629. The third-order valence-electron chi connectivity index (χ3n) is 1.42. The zero-order chi connectivity index (χ0) is 10.7. The summed E-state index contributed by atoms with van der Waals surface area (Å²) in [4.78, 5) is 23.8. The lowest BCUT2D eigenvalue weighted by atomic mass is 10.2. The van der Waals surface area contributed by atoms with Gasteiger partial charge in [-0.3, -0.25) is 0 Å². The van der Waals surface area contributed by atoms with Crippen molar-refractivity contribution in [1.82, 2.24) is 0 Å². The second-order valence-electron chi connectivity index (χ2n) is 2.30. The van der Waals surface area contributed by atoms with Gasteiger partial charge in [-0.15, -0.1) is 0 Å². The van der Waals surface area contributed by atoms with E-state index in [0.717, 1.165) is 6.07 Å². The van der Waals surface area contributed by atoms with Crippen molar-refractivity contribution >= 4 is 40.9 Å². The van der Waals surface area contributed by atoms with E-state index in [4.69, 9.17) is 28.3 Å². The Balaban J connectivity index is 3.42. The molecule has 1 aromatic rings. The first-order chi connectivity index (χ1) is 6.56. The van der Waals surface area contributed by atoms with Gasteiger partial charge in [-0.05, 0) is 12.1 Å². The number of carboxylic acids is 1. The lowest BCUT2D eigenvalue weighted by Crippen LogP contribution is -1.95. The molecular weight excluding hydrogens is 229 g/mol. The fraction of sp³-hybridized carbons (Fsp3) is 0. The summed E-state index contributed by atoms with van der Waals surface area (Å²) in [5.74, 6) is -1.18. The van der Waals surface area contributed by atoms with Crippen LogP contribution in [0.5, 0.6) is 0 Å². The number of hydrogen-bond donors (Lipinski definition) is 1. The Labute approximate surface area is 88.8 Å². The molecule has 72 valence electrons. The number of aliphatic imine (C=N–C) groups is 1. The van der Waals surface area contributed by atoms with Crippen molar-refractivity contribution in [3.8, 4) is 0 Å². The van der Waals surface area contributed by atoms with Gasteiger partial charge in [-0.25, -0.2) is 9.59 Å². The van der Waals surface area contributed by atoms with Gasteiger partial charge in [0.05, 0.1) is 21.3 Å². The van der Waals surface area contributed by atoms with Crippen LogP contribution < -0.4 is 0 Å². The van der Waals surface area contributed by atoms with Crippen LogP contribution in [0.1, 0.15) is 10.4 Å². The monoisotopic (exact) mass is 231 g/mol. The summed E-state index contributed by atoms with van der Waals surface area (Å²) in [6.45, 7) is 0. The zero-order valence-electron chi connectivity index (χ0n) is 6.62. The van der Waals surface area contributed by atoms with Crippen molar-refractivity contribution in [2.24, 2.45) is 4.99 Å². The van der Waals surface area contributed by atoms with Crippen molar-refractivity contribution in [2.45, 2.75) is 0 Å². The number of carbonyl (C=O) groups excluding carboxylic acids is 1. The van der Waals surface area contributed by atoms with E-state index in [0.29, 0.717) is 0 Å². The third-order valence-corrected chi connectivity index (χ3v) is 2.21. The van der Waals surface area contributed by atoms with E-state index in [1.54, 1.807) is 0 Å². The number of carboxylic acid groups (broad SMARTS) is 1. The highest BCUT2D eigenvalue weighted by Crippen LogP contribution is 2.33. The Morgan fingerprint density at radius 3 is 2.57 bits per heavy atom. The van der Waals surface area contributed by atoms with Crippen LogP contribution in [-0.4, -0.2) is 17.2 Å². The molecule has 1 N–H and O–H groups in total. The van der Waals surface area contributed by atoms with E-state index >= 15 is 0 Å². The van der Waals surface area contributed by atoms with Gasteiger partial charge in [0.15, 0.2) is 0 Å². The summed E-state index contributed by atoms with van der Waals surface area (Å²) in [6, 6.07) is 2.32. The summed E-state index contributed by atoms with van der Waals surface area (Å²) in [5.41, 5.74) is -0.0973. The predicted octanol–water partition coefficient (Wildman–Crippen LogP) is 2.66. The van der Waals surface area contributed by atoms with Crippen LogP contribution in [0, 0.1) is 0 Å². The normalized spacial score (nSPS) is 9.29. The largest absolute Gasteiger partial charge is 0.478 e. The second-order valence-corrected chi connectivity index (χ2v) is 3.08. The lowest BCUT2D eigenvalue weighted by molar-refractivity contribution is 0.0697. The van der Waals surface area contributed by atoms with Gasteiger partial charge in [0, 0.05) is 0 Å². The van der Waals surface area contributed by atoms with E-state index in [1.807, 2.05) is 0 Å². The van der Waals surface area contributed by atoms with Gasteiger partial charge in [0.2, 0.25) is 6.08 Å². The highest BCUT2D eigenvalue weighted by atomic mass is 35.5. The summed E-state index contributed by atoms with van der Waals surface area (Å²) in [6.07, 6.45) is 1.26. The van der Waals surface area contributed by atoms with Crippen molar-refractivity contribution < 1.29 is 14.7 Å². The van der Waals surface area contributed by atoms with Crippen molar-refractivity contribution in [3.05, 3.63) is 27.7 Å². The highest BCUT2D eigenvalue weighted by Gasteiger charge is 2.11. The van der Waals surface area contributed by atoms with E-state index < -0.39 is 5.97 Å². The maximum atomic E-state index is 10.6. The molecule has 14 heavy (non-hydrogen) atoms. The molecular formula is C8H3Cl2NO3. The van der Waals surface area contributed by atoms with Gasteiger partial charge in [-0.1, -0.05) is 23.2 Å². The van der Waals surface area contributed by atoms with Crippen molar-refractivity contribution in [3.63, 3.8) is 0 Å². The molecule has 0 fully saturated rings. The Kier molecular flexibility index (Phi) is 3.25. The van der Waals surface area contributed by atoms with Crippen LogP contribution in [0.3, 0.4) is 0 Å². The van der Waals surface area contributed by atoms with Gasteiger partial charge in [0.25, 0.3) is 0 Å². The van der Waals surface area contributed by atoms with Crippen LogP contribution in [0.2, 0.25) is 10.0 Å². The summed E-state index contributed by atoms with van der Waals surface area (Å²) >= 11 is 11.3. The zero-order valence-corrected chi connectivity index (χ0v) is 8.13. The van der Waals surface area contributed by atoms with E-state index in [-0.39, 0.29) is 21.3 Å². The molecule has 0 aliphatic heterocycles. The molecule has 0 aliphatic carbocycles. The minimum atomic E-state index is -1.18. The molecule has 0 spiro atoms. The Bertz CT molecular complexity index is 438. The molecule has 6 heteroatoms. The number of benzene rings is 1. The lowest BCUT2D eigenvalue weighted by Gasteiger charge is -2.01. The first-order valence-corrected chi connectivity index (χ1v) is 4.12. The molecule has 0 unspecified atom stereocenters. The molecule has 0 saturated carbocycles. The van der Waals surface area contributed by atoms with Gasteiger partial charge < -0.3 is 5.11 Å². The molecule has 0 radical (unpaired) electrons. The van der Waals surface area contributed by atoms with Gasteiger partial charge in [-0.2, -0.15) is 4.99 Å². The average molecular weight is 232 g/mol. The van der Waals surface area contributed by atoms with Crippen molar-refractivity contribution in [2.75, 3.05) is 0 Å². The summed E-state index contributed by atoms with van der Waals surface area (Å²) in [7, 11) is 0. The Morgan fingerprint density at radius 2 is 2.07 bits per heavy atom. The SMILES string of the molecule is O=C=Nc1cc(C(=O)O)cc(Cl)c1Cl. The first kappa shape index (κ1) is 10.7. The molecule has 0 amide bonds. The van der Waals surface area contributed by atoms with Crippen LogP contribution >= 0.6 is 23.2 Å². The van der Waals surface area contributed by atoms with Crippen LogP contribution in [-0.2, 0) is 4.79 Å². The van der Waals surface area contributed by atoms with E-state index in [2.05, 4.69) is 4.99 Å². The minimum absolute atomic E-state index is 0.00781. The first-order valence-electron chi connectivity index (χ1n) is 3.36. The summed E-state index contributed by atoms with van der Waals surface area (Å²) < 4.78 is 0. The standard InChI is InChI=1S/C8H3Cl2NO3/c9-5-1-4(8(13)14)2-6(7(5)10)11-3-12/h1-2H,(H,13,14). The smallest absolute Gasteiger partial charge is 0.335 e. The molecule has 1 aromatic carbocycles. The second kappa shape index (κ2) is 4.24. The predicted molar refractivity (Wildman–Crippen MR) is 51.2 cm³/mol. The molecule has 0 atom stereocenters. The van der Waals surface area contributed by atoms with Crippen LogP contribution in [0.25, 0.3) is 0 Å². The molecule has 4 nitrogen and oxygen atoms in total. The molecule has 1 rings (SSSR count). The number of nitrogens with zero attached hydrogens (tertiary/aromatic N) is 1. The van der Waals surface area contributed by atoms with E-state index in [9.17, 15) is 9.59 Å². The number of hydrogen-bond acceptors (Lipinski definition) is 3. The summed E-state index contributed by atoms with van der Waals surface area (Å²) in [5, 5.41) is 8.71. The third kappa shape index (κ3) is 2.12. The molecule has 0 heterocycles. The van der Waals surface area contributed by atoms with Gasteiger partial charge >= 0.3 is 5.97 Å². The van der Waals surface area contributed by atoms with E-state index in [1.165, 1.54) is 12.1 Å². The molecule has 0 aliphatic rings. The van der Waals surface area contributed by atoms with Crippen molar-refractivity contribution in [1.29, 1.82) is 0 Å². The van der Waals surface area contributed by atoms with Crippen LogP contribution in [0.4, 0.5) is 5.69 Å². The fourth-order valence-corrected chi connectivity index (χ4v) is 1.19. The maximum absolute atomic E-state index is 10.6. The number of rotatable bonds is 2. The maximum Gasteiger partial charge on any atom is 0.335 e. The molecule has 0 bridgehead atoms. The number of aromatic carboxylic acids is 1. The highest BCUT2D eigenvalue weighted by molar-refractivity contribution is 6.43. The number of isocyanates is 1. The fourth-order valence-electron chi connectivity index (χ4n) is 0.829.